The third kappa shape index (κ3) is 3.53. The van der Waals surface area contributed by atoms with E-state index in [2.05, 4.69) is 0 Å². The first kappa shape index (κ1) is 17.9. The van der Waals surface area contributed by atoms with Gasteiger partial charge in [0.25, 0.3) is 18.4 Å². The molecule has 0 aromatic heterocycles. The molecule has 132 valence electrons. The van der Waals surface area contributed by atoms with Crippen molar-refractivity contribution in [3.05, 3.63) is 36.0 Å². The van der Waals surface area contributed by atoms with Gasteiger partial charge in [0.15, 0.2) is 6.61 Å². The molecule has 1 amide bonds. The molecular weight excluding hydrogens is 336 g/mol. The summed E-state index contributed by atoms with van der Waals surface area (Å²) in [6.07, 6.45) is -6.85. The van der Waals surface area contributed by atoms with Crippen LogP contribution in [0.1, 0.15) is 6.42 Å². The van der Waals surface area contributed by atoms with Gasteiger partial charge in [0.1, 0.15) is 17.2 Å². The van der Waals surface area contributed by atoms with Crippen LogP contribution in [-0.2, 0) is 4.79 Å². The fourth-order valence-corrected chi connectivity index (χ4v) is 2.05. The average Bonchev–Trinajstić information content (AvgIpc) is 2.93. The smallest absolute Gasteiger partial charge is 0.291 e. The van der Waals surface area contributed by atoms with Crippen LogP contribution < -0.4 is 14.9 Å². The average molecular weight is 350 g/mol. The zero-order valence-electron chi connectivity index (χ0n) is 12.4. The lowest BCUT2D eigenvalue weighted by atomic mass is 10.1. The van der Waals surface area contributed by atoms with Gasteiger partial charge in [-0.25, -0.2) is 13.8 Å². The molecule has 0 aliphatic carbocycles. The zero-order valence-corrected chi connectivity index (χ0v) is 12.4. The molecule has 1 saturated heterocycles. The van der Waals surface area contributed by atoms with Crippen molar-refractivity contribution in [2.75, 3.05) is 13.7 Å². The molecule has 0 radical (unpaired) electrons. The van der Waals surface area contributed by atoms with Gasteiger partial charge in [-0.05, 0) is 24.3 Å². The van der Waals surface area contributed by atoms with Crippen LogP contribution in [0, 0.1) is 0 Å². The number of nitrogens with one attached hydrogen (secondary N) is 1. The molecule has 1 aliphatic rings. The number of carbonyl (C=O) groups excluding carboxylic acids is 1. The van der Waals surface area contributed by atoms with Crippen LogP contribution in [0.15, 0.2) is 36.0 Å². The highest BCUT2D eigenvalue weighted by Crippen LogP contribution is 2.34. The van der Waals surface area contributed by atoms with Crippen molar-refractivity contribution in [3.63, 3.8) is 0 Å². The Morgan fingerprint density at radius 1 is 1.33 bits per heavy atom. The van der Waals surface area contributed by atoms with E-state index in [-0.39, 0.29) is 10.8 Å². The summed E-state index contributed by atoms with van der Waals surface area (Å²) in [5, 5.41) is 9.90. The van der Waals surface area contributed by atoms with Crippen molar-refractivity contribution in [1.29, 1.82) is 0 Å². The van der Waals surface area contributed by atoms with Crippen molar-refractivity contribution in [2.24, 2.45) is 0 Å². The van der Waals surface area contributed by atoms with Gasteiger partial charge in [-0.1, -0.05) is 0 Å². The second-order valence-electron chi connectivity index (χ2n) is 4.90. The first-order valence-electron chi connectivity index (χ1n) is 6.69. The van der Waals surface area contributed by atoms with E-state index in [9.17, 15) is 27.5 Å². The number of hydrazine groups is 1. The van der Waals surface area contributed by atoms with Gasteiger partial charge in [-0.15, -0.1) is 0 Å². The number of amides is 1. The standard InChI is InChI=1S/C14H14F4N2O4/c1-23-8-2-4-9(5-3-8)24-7-11(21)20-14(22,13(17)18)6-10(19-20)12(15)16/h2-5,13,19,22H,6-7H2,1H3. The van der Waals surface area contributed by atoms with Crippen molar-refractivity contribution in [3.8, 4) is 11.5 Å². The molecule has 2 rings (SSSR count). The quantitative estimate of drug-likeness (QED) is 0.794. The highest BCUT2D eigenvalue weighted by molar-refractivity contribution is 5.78. The van der Waals surface area contributed by atoms with E-state index in [0.717, 1.165) is 0 Å². The maximum atomic E-state index is 13.0. The Labute approximate surface area is 134 Å². The molecule has 1 heterocycles. The van der Waals surface area contributed by atoms with Crippen molar-refractivity contribution in [2.45, 2.75) is 18.6 Å². The third-order valence-corrected chi connectivity index (χ3v) is 3.32. The molecule has 0 saturated carbocycles. The van der Waals surface area contributed by atoms with Crippen LogP contribution in [0.3, 0.4) is 0 Å². The molecule has 1 unspecified atom stereocenters. The maximum absolute atomic E-state index is 13.0. The number of ether oxygens (including phenoxy) is 2. The van der Waals surface area contributed by atoms with Crippen LogP contribution in [0.2, 0.25) is 0 Å². The fourth-order valence-electron chi connectivity index (χ4n) is 2.05. The van der Waals surface area contributed by atoms with Crippen LogP contribution in [-0.4, -0.2) is 41.9 Å². The molecule has 6 nitrogen and oxygen atoms in total. The number of nitrogens with zero attached hydrogens (tertiary/aromatic N) is 1. The molecule has 1 aromatic rings. The molecule has 10 heteroatoms. The summed E-state index contributed by atoms with van der Waals surface area (Å²) in [4.78, 5) is 12.0. The lowest BCUT2D eigenvalue weighted by molar-refractivity contribution is -0.197. The van der Waals surface area contributed by atoms with Crippen LogP contribution in [0.4, 0.5) is 17.6 Å². The van der Waals surface area contributed by atoms with E-state index in [1.54, 1.807) is 17.6 Å². The number of alkyl halides is 2. The predicted octanol–water partition coefficient (Wildman–Crippen LogP) is 1.87. The second-order valence-corrected chi connectivity index (χ2v) is 4.90. The Morgan fingerprint density at radius 2 is 1.92 bits per heavy atom. The van der Waals surface area contributed by atoms with Gasteiger partial charge in [0, 0.05) is 0 Å². The summed E-state index contributed by atoms with van der Waals surface area (Å²) < 4.78 is 61.2. The number of aliphatic hydroxyl groups is 1. The summed E-state index contributed by atoms with van der Waals surface area (Å²) >= 11 is 0. The highest BCUT2D eigenvalue weighted by Gasteiger charge is 2.53. The Morgan fingerprint density at radius 3 is 2.42 bits per heavy atom. The largest absolute Gasteiger partial charge is 0.497 e. The molecule has 0 bridgehead atoms. The van der Waals surface area contributed by atoms with Gasteiger partial charge in [-0.3, -0.25) is 10.2 Å². The number of benzene rings is 1. The monoisotopic (exact) mass is 350 g/mol. The van der Waals surface area contributed by atoms with Crippen LogP contribution in [0.5, 0.6) is 11.5 Å². The van der Waals surface area contributed by atoms with E-state index in [4.69, 9.17) is 9.47 Å². The molecule has 1 atom stereocenters. The van der Waals surface area contributed by atoms with Crippen LogP contribution >= 0.6 is 0 Å². The first-order chi connectivity index (χ1) is 11.3. The minimum atomic E-state index is -3.45. The minimum Gasteiger partial charge on any atom is -0.497 e. The maximum Gasteiger partial charge on any atom is 0.291 e. The van der Waals surface area contributed by atoms with E-state index < -0.39 is 42.9 Å². The summed E-state index contributed by atoms with van der Waals surface area (Å²) in [6.45, 7) is -0.741. The summed E-state index contributed by atoms with van der Waals surface area (Å²) in [7, 11) is 1.46. The minimum absolute atomic E-state index is 0.0652. The number of hydrogen-bond acceptors (Lipinski definition) is 5. The molecule has 1 fully saturated rings. The highest BCUT2D eigenvalue weighted by atomic mass is 19.3. The van der Waals surface area contributed by atoms with Crippen molar-refractivity contribution >= 4 is 5.91 Å². The van der Waals surface area contributed by atoms with E-state index >= 15 is 0 Å². The third-order valence-electron chi connectivity index (χ3n) is 3.32. The van der Waals surface area contributed by atoms with Gasteiger partial charge < -0.3 is 14.6 Å². The normalized spacial score (nSPS) is 20.1. The number of hydrogen-bond donors (Lipinski definition) is 2. The molecule has 2 N–H and O–H groups in total. The summed E-state index contributed by atoms with van der Waals surface area (Å²) in [5.74, 6) is -0.364. The molecule has 0 spiro atoms. The van der Waals surface area contributed by atoms with E-state index in [1.165, 1.54) is 19.2 Å². The van der Waals surface area contributed by atoms with Gasteiger partial charge in [0.2, 0.25) is 5.72 Å². The number of methoxy groups -OCH3 is 1. The van der Waals surface area contributed by atoms with E-state index in [1.807, 2.05) is 0 Å². The number of carbonyl (C=O) groups is 1. The molecule has 24 heavy (non-hydrogen) atoms. The Bertz CT molecular complexity index is 634. The fraction of sp³-hybridized carbons (Fsp3) is 0.357. The Hall–Kier alpha value is -2.49. The molecular formula is C14H14F4N2O4. The summed E-state index contributed by atoms with van der Waals surface area (Å²) in [6, 6.07) is 6.02. The van der Waals surface area contributed by atoms with Crippen molar-refractivity contribution < 1.29 is 36.9 Å². The Kier molecular flexibility index (Phi) is 5.17. The lowest BCUT2D eigenvalue weighted by Gasteiger charge is -2.30. The van der Waals surface area contributed by atoms with Crippen LogP contribution in [0.25, 0.3) is 0 Å². The van der Waals surface area contributed by atoms with Gasteiger partial charge in [0.05, 0.1) is 13.5 Å². The molecule has 1 aromatic carbocycles. The zero-order chi connectivity index (χ0) is 17.9. The molecule has 1 aliphatic heterocycles. The predicted molar refractivity (Wildman–Crippen MR) is 73.3 cm³/mol. The number of rotatable bonds is 5. The summed E-state index contributed by atoms with van der Waals surface area (Å²) in [5.41, 5.74) is -2.22. The van der Waals surface area contributed by atoms with Crippen molar-refractivity contribution in [1.82, 2.24) is 10.4 Å². The Balaban J connectivity index is 2.07. The van der Waals surface area contributed by atoms with E-state index in [0.29, 0.717) is 5.75 Å². The topological polar surface area (TPSA) is 71.0 Å². The van der Waals surface area contributed by atoms with Gasteiger partial charge >= 0.3 is 0 Å². The lowest BCUT2D eigenvalue weighted by Crippen LogP contribution is -2.57. The number of halogens is 4. The SMILES string of the molecule is COc1ccc(OCC(=O)N2NC(=C(F)F)CC2(O)C(F)F)cc1. The van der Waals surface area contributed by atoms with Gasteiger partial charge in [-0.2, -0.15) is 8.78 Å². The first-order valence-corrected chi connectivity index (χ1v) is 6.69. The second kappa shape index (κ2) is 6.95.